The van der Waals surface area contributed by atoms with Gasteiger partial charge in [-0.15, -0.1) is 0 Å². The monoisotopic (exact) mass is 273 g/mol. The van der Waals surface area contributed by atoms with Gasteiger partial charge < -0.3 is 9.51 Å². The lowest BCUT2D eigenvalue weighted by atomic mass is 10.3. The predicted octanol–water partition coefficient (Wildman–Crippen LogP) is 1.69. The Kier molecular flexibility index (Phi) is 3.77. The van der Waals surface area contributed by atoms with Crippen LogP contribution in [0.2, 0.25) is 0 Å². The molecule has 7 heteroatoms. The third-order valence-corrected chi connectivity index (χ3v) is 2.79. The second-order valence-corrected chi connectivity index (χ2v) is 4.43. The zero-order chi connectivity index (χ0) is 14.0. The first kappa shape index (κ1) is 13.8. The van der Waals surface area contributed by atoms with E-state index in [1.54, 1.807) is 16.8 Å². The summed E-state index contributed by atoms with van der Waals surface area (Å²) in [6, 6.07) is 5.47. The predicted molar refractivity (Wildman–Crippen MR) is 63.6 cm³/mol. The molecule has 0 radical (unpaired) electrons. The molecular weight excluding hydrogens is 259 g/mol. The van der Waals surface area contributed by atoms with Crippen molar-refractivity contribution in [3.63, 3.8) is 0 Å². The summed E-state index contributed by atoms with van der Waals surface area (Å²) < 4.78 is 38.5. The van der Waals surface area contributed by atoms with Crippen LogP contribution in [0.5, 0.6) is 0 Å². The summed E-state index contributed by atoms with van der Waals surface area (Å²) in [4.78, 5) is 5.56. The van der Waals surface area contributed by atoms with E-state index >= 15 is 0 Å². The van der Waals surface area contributed by atoms with E-state index in [0.29, 0.717) is 0 Å². The fraction of sp³-hybridized carbons (Fsp3) is 0.417. The van der Waals surface area contributed by atoms with E-state index in [0.717, 1.165) is 11.3 Å². The van der Waals surface area contributed by atoms with Gasteiger partial charge in [0.1, 0.15) is 5.65 Å². The molecule has 19 heavy (non-hydrogen) atoms. The van der Waals surface area contributed by atoms with Crippen LogP contribution < -0.4 is 0 Å². The molecule has 104 valence electrons. The summed E-state index contributed by atoms with van der Waals surface area (Å²) in [5.74, 6) is 0. The highest BCUT2D eigenvalue weighted by atomic mass is 19.4. The number of halogens is 3. The van der Waals surface area contributed by atoms with Crippen LogP contribution in [0.15, 0.2) is 30.6 Å². The number of nitrogens with zero attached hydrogens (tertiary/aromatic N) is 3. The molecule has 0 saturated heterocycles. The number of aliphatic hydroxyl groups is 1. The molecular formula is C12H14F3N3O. The van der Waals surface area contributed by atoms with Crippen molar-refractivity contribution in [1.29, 1.82) is 0 Å². The summed E-state index contributed by atoms with van der Waals surface area (Å²) in [5.41, 5.74) is 1.51. The smallest absolute Gasteiger partial charge is 0.382 e. The third-order valence-electron chi connectivity index (χ3n) is 2.79. The topological polar surface area (TPSA) is 40.8 Å². The number of imidazole rings is 1. The van der Waals surface area contributed by atoms with Crippen LogP contribution >= 0.6 is 0 Å². The van der Waals surface area contributed by atoms with Gasteiger partial charge in [0.05, 0.1) is 11.9 Å². The van der Waals surface area contributed by atoms with E-state index in [1.807, 2.05) is 18.2 Å². The van der Waals surface area contributed by atoms with Crippen molar-refractivity contribution in [2.45, 2.75) is 18.8 Å². The number of rotatable bonds is 4. The van der Waals surface area contributed by atoms with Gasteiger partial charge in [0.2, 0.25) is 0 Å². The number of fused-ring (bicyclic) bond motifs is 1. The van der Waals surface area contributed by atoms with Gasteiger partial charge in [-0.25, -0.2) is 4.98 Å². The Bertz CT molecular complexity index is 552. The second kappa shape index (κ2) is 5.18. The quantitative estimate of drug-likeness (QED) is 0.921. The molecule has 2 aromatic rings. The minimum Gasteiger partial charge on any atom is -0.382 e. The van der Waals surface area contributed by atoms with Crippen LogP contribution in [0, 0.1) is 0 Å². The Labute approximate surface area is 108 Å². The van der Waals surface area contributed by atoms with E-state index < -0.39 is 18.8 Å². The molecule has 0 saturated carbocycles. The molecule has 0 amide bonds. The Hall–Kier alpha value is -1.60. The minimum atomic E-state index is -4.59. The highest BCUT2D eigenvalue weighted by Gasteiger charge is 2.38. The number of hydrogen-bond donors (Lipinski definition) is 1. The number of likely N-dealkylation sites (N-methyl/N-ethyl adjacent to an activating group) is 1. The van der Waals surface area contributed by atoms with Crippen LogP contribution in [-0.4, -0.2) is 45.3 Å². The Balaban J connectivity index is 2.05. The molecule has 1 atom stereocenters. The Morgan fingerprint density at radius 1 is 1.42 bits per heavy atom. The van der Waals surface area contributed by atoms with E-state index in [4.69, 9.17) is 5.11 Å². The van der Waals surface area contributed by atoms with Crippen LogP contribution in [-0.2, 0) is 6.54 Å². The lowest BCUT2D eigenvalue weighted by Crippen LogP contribution is -2.39. The molecule has 0 spiro atoms. The average Bonchev–Trinajstić information content (AvgIpc) is 2.71. The minimum absolute atomic E-state index is 0.276. The maximum absolute atomic E-state index is 12.2. The molecule has 0 aliphatic heterocycles. The Morgan fingerprint density at radius 3 is 2.84 bits per heavy atom. The number of aromatic nitrogens is 2. The van der Waals surface area contributed by atoms with Gasteiger partial charge in [-0.2, -0.15) is 13.2 Å². The number of hydrogen-bond acceptors (Lipinski definition) is 3. The lowest BCUT2D eigenvalue weighted by Gasteiger charge is -2.21. The average molecular weight is 273 g/mol. The molecule has 0 fully saturated rings. The van der Waals surface area contributed by atoms with Crippen molar-refractivity contribution < 1.29 is 18.3 Å². The van der Waals surface area contributed by atoms with Crippen molar-refractivity contribution in [2.75, 3.05) is 13.6 Å². The van der Waals surface area contributed by atoms with Gasteiger partial charge in [0.15, 0.2) is 6.10 Å². The lowest BCUT2D eigenvalue weighted by molar-refractivity contribution is -0.207. The van der Waals surface area contributed by atoms with Crippen LogP contribution in [0.4, 0.5) is 13.2 Å². The number of alkyl halides is 3. The zero-order valence-electron chi connectivity index (χ0n) is 10.3. The maximum atomic E-state index is 12.2. The second-order valence-electron chi connectivity index (χ2n) is 4.43. The molecule has 4 nitrogen and oxygen atoms in total. The van der Waals surface area contributed by atoms with Crippen LogP contribution in [0.25, 0.3) is 5.65 Å². The van der Waals surface area contributed by atoms with E-state index in [-0.39, 0.29) is 6.54 Å². The maximum Gasteiger partial charge on any atom is 0.415 e. The molecule has 0 aliphatic carbocycles. The molecule has 0 aromatic carbocycles. The van der Waals surface area contributed by atoms with Gasteiger partial charge in [-0.05, 0) is 19.2 Å². The molecule has 0 aliphatic rings. The van der Waals surface area contributed by atoms with Crippen LogP contribution in [0.1, 0.15) is 5.69 Å². The van der Waals surface area contributed by atoms with Crippen molar-refractivity contribution in [3.05, 3.63) is 36.3 Å². The summed E-state index contributed by atoms with van der Waals surface area (Å²) in [6.45, 7) is -0.193. The molecule has 1 unspecified atom stereocenters. The standard InChI is InChI=1S/C12H14F3N3O/c1-17(8-10(19)12(13,14)15)7-9-6-16-11-4-2-3-5-18(9)11/h2-6,10,19H,7-8H2,1H3. The molecule has 1 N–H and O–H groups in total. The fourth-order valence-electron chi connectivity index (χ4n) is 1.84. The Morgan fingerprint density at radius 2 is 2.16 bits per heavy atom. The number of aliphatic hydroxyl groups excluding tert-OH is 1. The third kappa shape index (κ3) is 3.24. The first-order valence-electron chi connectivity index (χ1n) is 5.72. The van der Waals surface area contributed by atoms with Gasteiger partial charge >= 0.3 is 6.18 Å². The zero-order valence-corrected chi connectivity index (χ0v) is 10.3. The fourth-order valence-corrected chi connectivity index (χ4v) is 1.84. The molecule has 0 bridgehead atoms. The largest absolute Gasteiger partial charge is 0.415 e. The molecule has 2 aromatic heterocycles. The van der Waals surface area contributed by atoms with Gasteiger partial charge in [0, 0.05) is 19.3 Å². The van der Waals surface area contributed by atoms with Crippen molar-refractivity contribution >= 4 is 5.65 Å². The normalized spacial score (nSPS) is 14.2. The first-order valence-corrected chi connectivity index (χ1v) is 5.72. The summed E-state index contributed by atoms with van der Waals surface area (Å²) >= 11 is 0. The van der Waals surface area contributed by atoms with E-state index in [9.17, 15) is 13.2 Å². The molecule has 2 heterocycles. The van der Waals surface area contributed by atoms with Crippen molar-refractivity contribution in [2.24, 2.45) is 0 Å². The molecule has 2 rings (SSSR count). The van der Waals surface area contributed by atoms with Gasteiger partial charge in [-0.1, -0.05) is 6.07 Å². The SMILES string of the molecule is CN(Cc1cnc2ccccn12)CC(O)C(F)(F)F. The highest BCUT2D eigenvalue weighted by molar-refractivity contribution is 5.39. The number of pyridine rings is 1. The highest BCUT2D eigenvalue weighted by Crippen LogP contribution is 2.20. The van der Waals surface area contributed by atoms with Crippen molar-refractivity contribution in [1.82, 2.24) is 14.3 Å². The first-order chi connectivity index (χ1) is 8.88. The van der Waals surface area contributed by atoms with Gasteiger partial charge in [-0.3, -0.25) is 4.90 Å². The summed E-state index contributed by atoms with van der Waals surface area (Å²) in [7, 11) is 1.53. The van der Waals surface area contributed by atoms with E-state index in [2.05, 4.69) is 4.98 Å². The summed E-state index contributed by atoms with van der Waals surface area (Å²) in [6.07, 6.45) is -3.51. The summed E-state index contributed by atoms with van der Waals surface area (Å²) in [5, 5.41) is 9.01. The van der Waals surface area contributed by atoms with Gasteiger partial charge in [0.25, 0.3) is 0 Å². The van der Waals surface area contributed by atoms with Crippen molar-refractivity contribution in [3.8, 4) is 0 Å². The van der Waals surface area contributed by atoms with E-state index in [1.165, 1.54) is 11.9 Å². The van der Waals surface area contributed by atoms with Crippen LogP contribution in [0.3, 0.4) is 0 Å².